The lowest BCUT2D eigenvalue weighted by Gasteiger charge is -2.17. The molecule has 0 saturated carbocycles. The highest BCUT2D eigenvalue weighted by atomic mass is 35.5. The van der Waals surface area contributed by atoms with Crippen molar-refractivity contribution in [2.24, 2.45) is 0 Å². The highest BCUT2D eigenvalue weighted by Crippen LogP contribution is 2.29. The average molecular weight is 426 g/mol. The number of nitrogens with zero attached hydrogens (tertiary/aromatic N) is 3. The Morgan fingerprint density at radius 1 is 1.19 bits per heavy atom. The molecule has 0 bridgehead atoms. The molecule has 3 aromatic rings. The first-order valence-corrected chi connectivity index (χ1v) is 9.07. The maximum Gasteiger partial charge on any atom is 0.258 e. The maximum atomic E-state index is 12.3. The Morgan fingerprint density at radius 2 is 1.89 bits per heavy atom. The monoisotopic (exact) mass is 424 g/mol. The Bertz CT molecular complexity index is 1050. The number of nitrogens with one attached hydrogen (secondary N) is 1. The highest BCUT2D eigenvalue weighted by molar-refractivity contribution is 6.39. The number of likely N-dealkylation sites (N-methyl/N-ethyl adjacent to an activating group) is 1. The van der Waals surface area contributed by atoms with E-state index in [1.165, 1.54) is 16.7 Å². The first-order valence-electron chi connectivity index (χ1n) is 7.94. The molecular weight excluding hydrogens is 411 g/mol. The van der Waals surface area contributed by atoms with Gasteiger partial charge in [-0.2, -0.15) is 0 Å². The number of rotatable bonds is 5. The van der Waals surface area contributed by atoms with Gasteiger partial charge in [-0.05, 0) is 31.3 Å². The summed E-state index contributed by atoms with van der Waals surface area (Å²) in [5.74, 6) is -0.281. The summed E-state index contributed by atoms with van der Waals surface area (Å²) in [6.45, 7) is 0.390. The maximum absolute atomic E-state index is 12.3. The van der Waals surface area contributed by atoms with Crippen LogP contribution in [-0.2, 0) is 11.3 Å². The van der Waals surface area contributed by atoms with E-state index >= 15 is 0 Å². The fourth-order valence-corrected chi connectivity index (χ4v) is 3.23. The third-order valence-corrected chi connectivity index (χ3v) is 4.60. The van der Waals surface area contributed by atoms with E-state index < -0.39 is 0 Å². The highest BCUT2D eigenvalue weighted by Gasteiger charge is 2.13. The molecule has 2 heterocycles. The summed E-state index contributed by atoms with van der Waals surface area (Å²) in [4.78, 5) is 30.6. The molecular formula is C18H15Cl3N4O2. The molecule has 0 spiro atoms. The van der Waals surface area contributed by atoms with Gasteiger partial charge in [-0.15, -0.1) is 0 Å². The predicted octanol–water partition coefficient (Wildman–Crippen LogP) is 3.73. The van der Waals surface area contributed by atoms with E-state index in [2.05, 4.69) is 10.3 Å². The van der Waals surface area contributed by atoms with E-state index in [4.69, 9.17) is 34.8 Å². The van der Waals surface area contributed by atoms with Crippen LogP contribution < -0.4 is 10.9 Å². The van der Waals surface area contributed by atoms with E-state index in [0.29, 0.717) is 38.6 Å². The zero-order valence-corrected chi connectivity index (χ0v) is 16.5. The Labute approximate surface area is 170 Å². The summed E-state index contributed by atoms with van der Waals surface area (Å²) < 4.78 is 1.37. The van der Waals surface area contributed by atoms with Crippen molar-refractivity contribution in [1.29, 1.82) is 0 Å². The van der Waals surface area contributed by atoms with Crippen molar-refractivity contribution in [3.8, 4) is 0 Å². The van der Waals surface area contributed by atoms with Gasteiger partial charge in [-0.25, -0.2) is 4.98 Å². The van der Waals surface area contributed by atoms with Crippen LogP contribution in [0.4, 0.5) is 5.69 Å². The van der Waals surface area contributed by atoms with Gasteiger partial charge in [0.1, 0.15) is 5.65 Å². The molecule has 140 valence electrons. The minimum atomic E-state index is -0.281. The minimum Gasteiger partial charge on any atom is -0.322 e. The van der Waals surface area contributed by atoms with Crippen molar-refractivity contribution < 1.29 is 4.79 Å². The molecule has 0 unspecified atom stereocenters. The van der Waals surface area contributed by atoms with Gasteiger partial charge in [0.25, 0.3) is 5.56 Å². The molecule has 1 N–H and O–H groups in total. The zero-order valence-electron chi connectivity index (χ0n) is 14.2. The molecule has 0 saturated heterocycles. The number of pyridine rings is 1. The first kappa shape index (κ1) is 19.6. The fraction of sp³-hybridized carbons (Fsp3) is 0.167. The van der Waals surface area contributed by atoms with Gasteiger partial charge in [0, 0.05) is 18.8 Å². The summed E-state index contributed by atoms with van der Waals surface area (Å²) in [7, 11) is 1.75. The van der Waals surface area contributed by atoms with Crippen LogP contribution in [0, 0.1) is 0 Å². The summed E-state index contributed by atoms with van der Waals surface area (Å²) in [5.41, 5.74) is 1.17. The van der Waals surface area contributed by atoms with Gasteiger partial charge in [-0.3, -0.25) is 18.9 Å². The molecule has 0 aliphatic heterocycles. The molecule has 1 amide bonds. The van der Waals surface area contributed by atoms with E-state index in [1.54, 1.807) is 42.3 Å². The average Bonchev–Trinajstić information content (AvgIpc) is 2.59. The Kier molecular flexibility index (Phi) is 6.01. The number of amides is 1. The van der Waals surface area contributed by atoms with Gasteiger partial charge in [-0.1, -0.05) is 40.9 Å². The second-order valence-electron chi connectivity index (χ2n) is 5.98. The summed E-state index contributed by atoms with van der Waals surface area (Å²) >= 11 is 18.0. The summed E-state index contributed by atoms with van der Waals surface area (Å²) in [5, 5.41) is 3.87. The van der Waals surface area contributed by atoms with Crippen molar-refractivity contribution in [1.82, 2.24) is 14.3 Å². The number of hydrogen-bond acceptors (Lipinski definition) is 4. The van der Waals surface area contributed by atoms with E-state index in [9.17, 15) is 9.59 Å². The molecule has 0 radical (unpaired) electrons. The molecule has 0 aliphatic carbocycles. The number of para-hydroxylation sites is 1. The number of fused-ring (bicyclic) bond motifs is 1. The normalized spacial score (nSPS) is 11.1. The number of halogens is 3. The first-order chi connectivity index (χ1) is 12.8. The molecule has 0 fully saturated rings. The quantitative estimate of drug-likeness (QED) is 0.676. The smallest absolute Gasteiger partial charge is 0.258 e. The van der Waals surface area contributed by atoms with Crippen LogP contribution in [0.3, 0.4) is 0 Å². The third kappa shape index (κ3) is 4.78. The zero-order chi connectivity index (χ0) is 19.6. The number of anilines is 1. The summed E-state index contributed by atoms with van der Waals surface area (Å²) in [6, 6.07) is 9.74. The van der Waals surface area contributed by atoms with E-state index in [-0.39, 0.29) is 18.0 Å². The lowest BCUT2D eigenvalue weighted by atomic mass is 10.3. The molecule has 9 heteroatoms. The number of hydrogen-bond donors (Lipinski definition) is 1. The lowest BCUT2D eigenvalue weighted by molar-refractivity contribution is -0.117. The third-order valence-electron chi connectivity index (χ3n) is 3.75. The van der Waals surface area contributed by atoms with Crippen LogP contribution in [0.2, 0.25) is 15.1 Å². The molecule has 2 aromatic heterocycles. The van der Waals surface area contributed by atoms with Gasteiger partial charge >= 0.3 is 0 Å². The SMILES string of the molecule is CN(CC(=O)Nc1c(Cl)cccc1Cl)Cc1cc(=O)n2cc(Cl)ccc2n1. The molecule has 0 atom stereocenters. The van der Waals surface area contributed by atoms with Gasteiger partial charge < -0.3 is 5.32 Å². The van der Waals surface area contributed by atoms with Crippen LogP contribution in [0.25, 0.3) is 5.65 Å². The van der Waals surface area contributed by atoms with Crippen LogP contribution in [0.5, 0.6) is 0 Å². The van der Waals surface area contributed by atoms with Crippen LogP contribution >= 0.6 is 34.8 Å². The number of carbonyl (C=O) groups is 1. The number of carbonyl (C=O) groups excluding carboxylic acids is 1. The minimum absolute atomic E-state index is 0.0726. The fourth-order valence-electron chi connectivity index (χ4n) is 2.58. The van der Waals surface area contributed by atoms with Crippen LogP contribution in [0.1, 0.15) is 5.69 Å². The van der Waals surface area contributed by atoms with Gasteiger partial charge in [0.2, 0.25) is 5.91 Å². The molecule has 27 heavy (non-hydrogen) atoms. The Morgan fingerprint density at radius 3 is 2.59 bits per heavy atom. The molecule has 3 rings (SSSR count). The molecule has 1 aromatic carbocycles. The standard InChI is InChI=1S/C18H15Cl3N4O2/c1-24(10-16(26)23-18-13(20)3-2-4-14(18)21)9-12-7-17(27)25-8-11(19)5-6-15(25)22-12/h2-8H,9-10H2,1H3,(H,23,26). The van der Waals surface area contributed by atoms with Crippen molar-refractivity contribution in [3.63, 3.8) is 0 Å². The van der Waals surface area contributed by atoms with Gasteiger partial charge in [0.15, 0.2) is 0 Å². The van der Waals surface area contributed by atoms with Gasteiger partial charge in [0.05, 0.1) is 33.0 Å². The van der Waals surface area contributed by atoms with E-state index in [0.717, 1.165) is 0 Å². The van der Waals surface area contributed by atoms with Crippen molar-refractivity contribution in [2.45, 2.75) is 6.54 Å². The lowest BCUT2D eigenvalue weighted by Crippen LogP contribution is -2.31. The molecule has 6 nitrogen and oxygen atoms in total. The summed E-state index contributed by atoms with van der Waals surface area (Å²) in [6.07, 6.45) is 1.51. The largest absolute Gasteiger partial charge is 0.322 e. The Balaban J connectivity index is 1.69. The molecule has 0 aliphatic rings. The topological polar surface area (TPSA) is 66.7 Å². The second-order valence-corrected chi connectivity index (χ2v) is 7.23. The number of aromatic nitrogens is 2. The number of benzene rings is 1. The Hall–Kier alpha value is -2.12. The van der Waals surface area contributed by atoms with Crippen molar-refractivity contribution in [3.05, 3.63) is 73.7 Å². The van der Waals surface area contributed by atoms with E-state index in [1.807, 2.05) is 0 Å². The second kappa shape index (κ2) is 8.27. The van der Waals surface area contributed by atoms with Crippen molar-refractivity contribution >= 4 is 52.0 Å². The van der Waals surface area contributed by atoms with Crippen LogP contribution in [0.15, 0.2) is 47.4 Å². The predicted molar refractivity (Wildman–Crippen MR) is 108 cm³/mol. The van der Waals surface area contributed by atoms with Crippen LogP contribution in [-0.4, -0.2) is 33.8 Å². The van der Waals surface area contributed by atoms with Crippen molar-refractivity contribution in [2.75, 3.05) is 18.9 Å².